The van der Waals surface area contributed by atoms with E-state index in [1.807, 2.05) is 44.2 Å². The van der Waals surface area contributed by atoms with E-state index in [0.29, 0.717) is 52.5 Å². The van der Waals surface area contributed by atoms with Gasteiger partial charge in [-0.1, -0.05) is 18.2 Å². The van der Waals surface area contributed by atoms with E-state index in [0.717, 1.165) is 16.9 Å². The molecule has 10 heteroatoms. The first-order valence-corrected chi connectivity index (χ1v) is 13.5. The number of nitrogens with zero attached hydrogens (tertiary/aromatic N) is 2. The van der Waals surface area contributed by atoms with E-state index in [4.69, 9.17) is 14.2 Å². The summed E-state index contributed by atoms with van der Waals surface area (Å²) in [6.45, 7) is 8.74. The number of nitro groups is 1. The molecule has 1 fully saturated rings. The number of non-ortho nitro benzene ring substituents is 1. The Kier molecular flexibility index (Phi) is 9.58. The van der Waals surface area contributed by atoms with Gasteiger partial charge in [-0.3, -0.25) is 14.9 Å². The van der Waals surface area contributed by atoms with Crippen molar-refractivity contribution in [1.29, 1.82) is 0 Å². The first kappa shape index (κ1) is 28.4. The van der Waals surface area contributed by atoms with Crippen LogP contribution in [-0.4, -0.2) is 29.2 Å². The molecule has 0 bridgehead atoms. The number of allylic oxidation sites excluding steroid dienone is 1. The van der Waals surface area contributed by atoms with Gasteiger partial charge in [0.25, 0.3) is 11.6 Å². The number of hydrogen-bond donors (Lipinski definition) is 1. The molecule has 0 aliphatic carbocycles. The minimum absolute atomic E-state index is 0.00260. The third kappa shape index (κ3) is 7.29. The molecule has 1 saturated heterocycles. The van der Waals surface area contributed by atoms with Crippen LogP contribution in [0.1, 0.15) is 30.5 Å². The maximum absolute atomic E-state index is 12.7. The van der Waals surface area contributed by atoms with Crippen LogP contribution in [-0.2, 0) is 17.8 Å². The van der Waals surface area contributed by atoms with Gasteiger partial charge in [0, 0.05) is 17.7 Å². The summed E-state index contributed by atoms with van der Waals surface area (Å²) in [4.78, 5) is 28.4. The van der Waals surface area contributed by atoms with Crippen LogP contribution in [0.3, 0.4) is 0 Å². The average molecular weight is 560 g/mol. The van der Waals surface area contributed by atoms with E-state index in [9.17, 15) is 14.9 Å². The van der Waals surface area contributed by atoms with Crippen molar-refractivity contribution in [2.24, 2.45) is 4.99 Å². The molecule has 0 radical (unpaired) electrons. The maximum Gasteiger partial charge on any atom is 0.269 e. The van der Waals surface area contributed by atoms with E-state index >= 15 is 0 Å². The number of hydrogen-bond acceptors (Lipinski definition) is 8. The summed E-state index contributed by atoms with van der Waals surface area (Å²) in [5.41, 5.74) is 2.92. The van der Waals surface area contributed by atoms with Gasteiger partial charge in [-0.15, -0.1) is 6.58 Å². The summed E-state index contributed by atoms with van der Waals surface area (Å²) in [7, 11) is 0. The lowest BCUT2D eigenvalue weighted by molar-refractivity contribution is -0.384. The van der Waals surface area contributed by atoms with E-state index in [2.05, 4.69) is 16.9 Å². The smallest absolute Gasteiger partial charge is 0.269 e. The zero-order valence-corrected chi connectivity index (χ0v) is 23.0. The fourth-order valence-corrected chi connectivity index (χ4v) is 4.79. The van der Waals surface area contributed by atoms with Gasteiger partial charge in [-0.25, -0.2) is 4.99 Å². The van der Waals surface area contributed by atoms with E-state index < -0.39 is 4.92 Å². The molecule has 9 nitrogen and oxygen atoms in total. The van der Waals surface area contributed by atoms with Crippen LogP contribution in [0.25, 0.3) is 6.08 Å². The molecular formula is C30H29N3O6S. The number of aliphatic imine (C=N–C) groups is 1. The number of benzene rings is 3. The predicted molar refractivity (Wildman–Crippen MR) is 157 cm³/mol. The van der Waals surface area contributed by atoms with Crippen LogP contribution in [0.15, 0.2) is 83.2 Å². The highest BCUT2D eigenvalue weighted by Crippen LogP contribution is 2.37. The van der Waals surface area contributed by atoms with Crippen molar-refractivity contribution < 1.29 is 23.9 Å². The topological polar surface area (TPSA) is 112 Å². The van der Waals surface area contributed by atoms with Crippen LogP contribution in [0, 0.1) is 10.1 Å². The number of carbonyl (C=O) groups is 1. The summed E-state index contributed by atoms with van der Waals surface area (Å²) >= 11 is 1.25. The van der Waals surface area contributed by atoms with Gasteiger partial charge >= 0.3 is 0 Å². The molecule has 206 valence electrons. The van der Waals surface area contributed by atoms with Gasteiger partial charge < -0.3 is 19.5 Å². The number of amides is 1. The molecule has 1 amide bonds. The Bertz CT molecular complexity index is 1470. The zero-order valence-electron chi connectivity index (χ0n) is 22.2. The second-order valence-electron chi connectivity index (χ2n) is 8.56. The van der Waals surface area contributed by atoms with Gasteiger partial charge in [-0.2, -0.15) is 0 Å². The molecule has 0 saturated carbocycles. The molecule has 1 aliphatic heterocycles. The highest BCUT2D eigenvalue weighted by molar-refractivity contribution is 8.18. The second kappa shape index (κ2) is 13.5. The SMILES string of the molecule is C=CCc1cc(C=C2SC(=Nc3ccc(OCC)cc3)NC2=O)cc(OCC)c1OCc1cccc([N+](=O)[O-])c1. The van der Waals surface area contributed by atoms with Crippen molar-refractivity contribution in [3.8, 4) is 17.2 Å². The van der Waals surface area contributed by atoms with Crippen LogP contribution in [0.4, 0.5) is 11.4 Å². The lowest BCUT2D eigenvalue weighted by atomic mass is 10.0. The van der Waals surface area contributed by atoms with Crippen LogP contribution in [0.5, 0.6) is 17.2 Å². The van der Waals surface area contributed by atoms with Crippen LogP contribution >= 0.6 is 11.8 Å². The predicted octanol–water partition coefficient (Wildman–Crippen LogP) is 6.59. The summed E-state index contributed by atoms with van der Waals surface area (Å²) in [5, 5.41) is 14.4. The van der Waals surface area contributed by atoms with Crippen LogP contribution in [0.2, 0.25) is 0 Å². The van der Waals surface area contributed by atoms with Crippen molar-refractivity contribution in [2.45, 2.75) is 26.9 Å². The van der Waals surface area contributed by atoms with Crippen molar-refractivity contribution in [3.05, 3.63) is 105 Å². The molecule has 3 aromatic carbocycles. The normalized spacial score (nSPS) is 14.7. The Morgan fingerprint density at radius 1 is 1.05 bits per heavy atom. The maximum atomic E-state index is 12.7. The van der Waals surface area contributed by atoms with Gasteiger partial charge in [0.2, 0.25) is 0 Å². The molecule has 4 rings (SSSR count). The molecule has 40 heavy (non-hydrogen) atoms. The van der Waals surface area contributed by atoms with E-state index in [1.165, 1.54) is 23.9 Å². The fourth-order valence-electron chi connectivity index (χ4n) is 3.95. The molecule has 1 aliphatic rings. The van der Waals surface area contributed by atoms with Crippen molar-refractivity contribution in [2.75, 3.05) is 13.2 Å². The van der Waals surface area contributed by atoms with Gasteiger partial charge in [0.1, 0.15) is 12.4 Å². The van der Waals surface area contributed by atoms with Gasteiger partial charge in [0.15, 0.2) is 16.7 Å². The van der Waals surface area contributed by atoms with Gasteiger partial charge in [0.05, 0.1) is 28.7 Å². The summed E-state index contributed by atoms with van der Waals surface area (Å²) in [5.74, 6) is 1.54. The summed E-state index contributed by atoms with van der Waals surface area (Å²) in [6.07, 6.45) is 4.02. The Labute approximate surface area is 236 Å². The second-order valence-corrected chi connectivity index (χ2v) is 9.59. The summed E-state index contributed by atoms with van der Waals surface area (Å²) in [6, 6.07) is 17.3. The first-order chi connectivity index (χ1) is 19.4. The number of rotatable bonds is 12. The standard InChI is InChI=1S/C30H29N3O6S/c1-4-8-22-15-21(17-26(38-6-3)28(22)39-19-20-9-7-10-24(16-20)33(35)36)18-27-29(34)32-30(40-27)31-23-11-13-25(14-12-23)37-5-2/h4,7,9-18H,1,5-6,8,19H2,2-3H3,(H,31,32,34). The molecule has 0 atom stereocenters. The monoisotopic (exact) mass is 559 g/mol. The number of thioether (sulfide) groups is 1. The third-order valence-electron chi connectivity index (χ3n) is 5.65. The van der Waals surface area contributed by atoms with E-state index in [1.54, 1.807) is 30.4 Å². The fraction of sp³-hybridized carbons (Fsp3) is 0.200. The molecule has 0 unspecified atom stereocenters. The Morgan fingerprint density at radius 2 is 1.82 bits per heavy atom. The Hall–Kier alpha value is -4.57. The molecule has 0 aromatic heterocycles. The summed E-state index contributed by atoms with van der Waals surface area (Å²) < 4.78 is 17.5. The van der Waals surface area contributed by atoms with Crippen LogP contribution < -0.4 is 19.5 Å². The number of nitro benzene ring substituents is 1. The zero-order chi connectivity index (χ0) is 28.5. The minimum Gasteiger partial charge on any atom is -0.494 e. The number of nitrogens with one attached hydrogen (secondary N) is 1. The highest BCUT2D eigenvalue weighted by atomic mass is 32.2. The molecule has 0 spiro atoms. The third-order valence-corrected chi connectivity index (χ3v) is 6.56. The van der Waals surface area contributed by atoms with Crippen molar-refractivity contribution in [3.63, 3.8) is 0 Å². The number of ether oxygens (including phenoxy) is 3. The molecule has 3 aromatic rings. The van der Waals surface area contributed by atoms with E-state index in [-0.39, 0.29) is 18.2 Å². The quantitative estimate of drug-likeness (QED) is 0.115. The Morgan fingerprint density at radius 3 is 2.52 bits per heavy atom. The van der Waals surface area contributed by atoms with Crippen molar-refractivity contribution >= 4 is 40.3 Å². The molecule has 1 heterocycles. The molecular weight excluding hydrogens is 530 g/mol. The highest BCUT2D eigenvalue weighted by Gasteiger charge is 2.24. The largest absolute Gasteiger partial charge is 0.494 e. The Balaban J connectivity index is 1.58. The van der Waals surface area contributed by atoms with Crippen molar-refractivity contribution in [1.82, 2.24) is 5.32 Å². The number of amidine groups is 1. The lowest BCUT2D eigenvalue weighted by Gasteiger charge is -2.17. The lowest BCUT2D eigenvalue weighted by Crippen LogP contribution is -2.19. The van der Waals surface area contributed by atoms with Gasteiger partial charge in [-0.05, 0) is 85.6 Å². The minimum atomic E-state index is -0.438. The molecule has 1 N–H and O–H groups in total. The first-order valence-electron chi connectivity index (χ1n) is 12.7. The number of carbonyl (C=O) groups excluding carboxylic acids is 1. The average Bonchev–Trinajstić information content (AvgIpc) is 3.28.